The Morgan fingerprint density at radius 2 is 2.05 bits per heavy atom. The van der Waals surface area contributed by atoms with E-state index in [1.54, 1.807) is 37.3 Å². The van der Waals surface area contributed by atoms with E-state index in [9.17, 15) is 14.7 Å². The minimum absolute atomic E-state index is 0.0647. The molecule has 0 saturated heterocycles. The molecule has 2 atom stereocenters. The van der Waals surface area contributed by atoms with Gasteiger partial charge in [-0.1, -0.05) is 43.0 Å². The van der Waals surface area contributed by atoms with E-state index < -0.39 is 24.2 Å². The highest BCUT2D eigenvalue weighted by Gasteiger charge is 2.23. The van der Waals surface area contributed by atoms with Gasteiger partial charge in [0.2, 0.25) is 0 Å². The second kappa shape index (κ2) is 9.70. The van der Waals surface area contributed by atoms with E-state index in [-0.39, 0.29) is 13.0 Å². The predicted molar refractivity (Wildman–Crippen MR) is 81.5 cm³/mol. The third-order valence-corrected chi connectivity index (χ3v) is 2.78. The molecule has 0 fully saturated rings. The molecule has 0 spiro atoms. The Morgan fingerprint density at radius 1 is 1.36 bits per heavy atom. The molecule has 1 unspecified atom stereocenters. The Morgan fingerprint density at radius 3 is 2.64 bits per heavy atom. The fraction of sp³-hybridized carbons (Fsp3) is 0.375. The summed E-state index contributed by atoms with van der Waals surface area (Å²) in [5.74, 6) is -0.424. The summed E-state index contributed by atoms with van der Waals surface area (Å²) >= 11 is 0. The van der Waals surface area contributed by atoms with Gasteiger partial charge in [-0.2, -0.15) is 0 Å². The number of rotatable bonds is 9. The molecule has 1 aromatic carbocycles. The summed E-state index contributed by atoms with van der Waals surface area (Å²) < 4.78 is 10.1. The first kappa shape index (κ1) is 17.9. The van der Waals surface area contributed by atoms with Crippen LogP contribution >= 0.6 is 0 Å². The standard InChI is InChI=1S/C16H21NO5/c1-3-10-22-16(20)17-14(21-4-2)11-13(18)15(19)12-8-6-5-7-9-12/h3,5-9,13-14,18H,1,4,10-11H2,2H3,(H,17,20)/t13-,14?/m0/s1. The molecule has 1 rings (SSSR count). The van der Waals surface area contributed by atoms with Gasteiger partial charge < -0.3 is 14.6 Å². The van der Waals surface area contributed by atoms with Crippen LogP contribution in [0.4, 0.5) is 4.79 Å². The van der Waals surface area contributed by atoms with Gasteiger partial charge in [-0.3, -0.25) is 10.1 Å². The van der Waals surface area contributed by atoms with Crippen LogP contribution in [0, 0.1) is 0 Å². The van der Waals surface area contributed by atoms with Crippen molar-refractivity contribution in [1.82, 2.24) is 5.32 Å². The minimum Gasteiger partial charge on any atom is -0.445 e. The zero-order valence-corrected chi connectivity index (χ0v) is 12.5. The number of hydrogen-bond acceptors (Lipinski definition) is 5. The summed E-state index contributed by atoms with van der Waals surface area (Å²) in [6, 6.07) is 8.44. The quantitative estimate of drug-likeness (QED) is 0.413. The van der Waals surface area contributed by atoms with Crippen molar-refractivity contribution in [3.05, 3.63) is 48.6 Å². The fourth-order valence-corrected chi connectivity index (χ4v) is 1.78. The van der Waals surface area contributed by atoms with Crippen LogP contribution in [0.3, 0.4) is 0 Å². The van der Waals surface area contributed by atoms with Crippen LogP contribution < -0.4 is 5.32 Å². The molecule has 6 heteroatoms. The maximum Gasteiger partial charge on any atom is 0.409 e. The number of benzene rings is 1. The van der Waals surface area contributed by atoms with Crippen molar-refractivity contribution in [3.63, 3.8) is 0 Å². The average Bonchev–Trinajstić information content (AvgIpc) is 2.53. The van der Waals surface area contributed by atoms with Crippen LogP contribution in [0.25, 0.3) is 0 Å². The second-order valence-corrected chi connectivity index (χ2v) is 4.46. The average molecular weight is 307 g/mol. The first-order valence-corrected chi connectivity index (χ1v) is 7.01. The van der Waals surface area contributed by atoms with E-state index >= 15 is 0 Å². The highest BCUT2D eigenvalue weighted by molar-refractivity contribution is 5.99. The van der Waals surface area contributed by atoms with E-state index in [1.807, 2.05) is 0 Å². The fourth-order valence-electron chi connectivity index (χ4n) is 1.78. The molecule has 0 aliphatic carbocycles. The number of Topliss-reactive ketones (excluding diaryl/α,β-unsaturated/α-hetero) is 1. The van der Waals surface area contributed by atoms with Crippen molar-refractivity contribution in [2.75, 3.05) is 13.2 Å². The first-order chi connectivity index (χ1) is 10.6. The van der Waals surface area contributed by atoms with Crippen LogP contribution in [0.5, 0.6) is 0 Å². The second-order valence-electron chi connectivity index (χ2n) is 4.46. The van der Waals surface area contributed by atoms with Gasteiger partial charge in [-0.05, 0) is 6.92 Å². The molecular formula is C16H21NO5. The van der Waals surface area contributed by atoms with Crippen LogP contribution in [0.1, 0.15) is 23.7 Å². The van der Waals surface area contributed by atoms with Crippen LogP contribution in [0.15, 0.2) is 43.0 Å². The molecule has 0 aliphatic rings. The normalized spacial score (nSPS) is 13.0. The lowest BCUT2D eigenvalue weighted by Crippen LogP contribution is -2.41. The monoisotopic (exact) mass is 307 g/mol. The van der Waals surface area contributed by atoms with E-state index in [1.165, 1.54) is 6.08 Å². The number of alkyl carbamates (subject to hydrolysis) is 1. The molecule has 6 nitrogen and oxygen atoms in total. The topological polar surface area (TPSA) is 84.9 Å². The van der Waals surface area contributed by atoms with Gasteiger partial charge in [0.1, 0.15) is 18.9 Å². The molecule has 0 heterocycles. The summed E-state index contributed by atoms with van der Waals surface area (Å²) in [6.45, 7) is 5.56. The summed E-state index contributed by atoms with van der Waals surface area (Å²) in [5.41, 5.74) is 0.402. The number of nitrogens with one attached hydrogen (secondary N) is 1. The minimum atomic E-state index is -1.28. The zero-order valence-electron chi connectivity index (χ0n) is 12.5. The van der Waals surface area contributed by atoms with E-state index in [0.29, 0.717) is 12.2 Å². The predicted octanol–water partition coefficient (Wildman–Crippen LogP) is 1.90. The number of carbonyl (C=O) groups is 2. The molecule has 2 N–H and O–H groups in total. The molecular weight excluding hydrogens is 286 g/mol. The Balaban J connectivity index is 2.59. The Hall–Kier alpha value is -2.18. The van der Waals surface area contributed by atoms with Crippen molar-refractivity contribution >= 4 is 11.9 Å². The van der Waals surface area contributed by atoms with Gasteiger partial charge in [-0.25, -0.2) is 4.79 Å². The number of carbonyl (C=O) groups excluding carboxylic acids is 2. The summed E-state index contributed by atoms with van der Waals surface area (Å²) in [4.78, 5) is 23.6. The molecule has 0 aromatic heterocycles. The van der Waals surface area contributed by atoms with Crippen molar-refractivity contribution < 1.29 is 24.2 Å². The number of ketones is 1. The number of amides is 1. The summed E-state index contributed by atoms with van der Waals surface area (Å²) in [6.07, 6.45) is -1.42. The maximum absolute atomic E-state index is 12.1. The Kier molecular flexibility index (Phi) is 7.88. The van der Waals surface area contributed by atoms with Crippen molar-refractivity contribution in [2.45, 2.75) is 25.7 Å². The summed E-state index contributed by atoms with van der Waals surface area (Å²) in [5, 5.41) is 12.5. The SMILES string of the molecule is C=CCOC(=O)NC(C[C@H](O)C(=O)c1ccccc1)OCC. The number of hydrogen-bond donors (Lipinski definition) is 2. The van der Waals surface area contributed by atoms with Crippen molar-refractivity contribution in [2.24, 2.45) is 0 Å². The highest BCUT2D eigenvalue weighted by atomic mass is 16.6. The van der Waals surface area contributed by atoms with E-state index in [2.05, 4.69) is 11.9 Å². The molecule has 0 radical (unpaired) electrons. The highest BCUT2D eigenvalue weighted by Crippen LogP contribution is 2.09. The van der Waals surface area contributed by atoms with Gasteiger partial charge in [0.15, 0.2) is 5.78 Å². The Bertz CT molecular complexity index is 489. The molecule has 1 amide bonds. The Labute approximate surface area is 129 Å². The smallest absolute Gasteiger partial charge is 0.409 e. The van der Waals surface area contributed by atoms with Gasteiger partial charge in [-0.15, -0.1) is 0 Å². The van der Waals surface area contributed by atoms with Gasteiger partial charge in [0.05, 0.1) is 0 Å². The van der Waals surface area contributed by atoms with Gasteiger partial charge >= 0.3 is 6.09 Å². The lowest BCUT2D eigenvalue weighted by molar-refractivity contribution is 0.00275. The lowest BCUT2D eigenvalue weighted by Gasteiger charge is -2.20. The molecule has 0 aliphatic heterocycles. The number of aliphatic hydroxyl groups is 1. The lowest BCUT2D eigenvalue weighted by atomic mass is 10.0. The molecule has 1 aromatic rings. The van der Waals surface area contributed by atoms with Crippen LogP contribution in [-0.2, 0) is 9.47 Å². The molecule has 22 heavy (non-hydrogen) atoms. The van der Waals surface area contributed by atoms with E-state index in [4.69, 9.17) is 9.47 Å². The molecule has 120 valence electrons. The number of ether oxygens (including phenoxy) is 2. The molecule has 0 bridgehead atoms. The molecule has 0 saturated carbocycles. The zero-order chi connectivity index (χ0) is 16.4. The van der Waals surface area contributed by atoms with E-state index in [0.717, 1.165) is 0 Å². The third kappa shape index (κ3) is 6.07. The van der Waals surface area contributed by atoms with Crippen LogP contribution in [-0.4, -0.2) is 42.5 Å². The van der Waals surface area contributed by atoms with Gasteiger partial charge in [0.25, 0.3) is 0 Å². The van der Waals surface area contributed by atoms with Crippen LogP contribution in [0.2, 0.25) is 0 Å². The largest absolute Gasteiger partial charge is 0.445 e. The summed E-state index contributed by atoms with van der Waals surface area (Å²) in [7, 11) is 0. The first-order valence-electron chi connectivity index (χ1n) is 7.01. The van der Waals surface area contributed by atoms with Crippen molar-refractivity contribution in [1.29, 1.82) is 0 Å². The number of aliphatic hydroxyl groups excluding tert-OH is 1. The van der Waals surface area contributed by atoms with Crippen molar-refractivity contribution in [3.8, 4) is 0 Å². The maximum atomic E-state index is 12.1. The van der Waals surface area contributed by atoms with Gasteiger partial charge in [0, 0.05) is 18.6 Å². The third-order valence-electron chi connectivity index (χ3n) is 2.78.